The van der Waals surface area contributed by atoms with Gasteiger partial charge in [0.2, 0.25) is 0 Å². The fourth-order valence-corrected chi connectivity index (χ4v) is 4.11. The van der Waals surface area contributed by atoms with E-state index >= 15 is 0 Å². The molecule has 3 amide bonds. The van der Waals surface area contributed by atoms with E-state index in [1.807, 2.05) is 19.1 Å². The number of hydrogen-bond acceptors (Lipinski definition) is 3. The van der Waals surface area contributed by atoms with Gasteiger partial charge >= 0.3 is 6.03 Å². The number of amides is 3. The van der Waals surface area contributed by atoms with Crippen molar-refractivity contribution in [3.05, 3.63) is 35.4 Å². The SMILES string of the molecule is CC[C@@H](C)c1ccc(C(=O)CN2C(=O)N[C@@]3(CCCC[C@@H]3C)C2=O)cc1. The predicted octanol–water partition coefficient (Wildman–Crippen LogP) is 3.88. The molecule has 1 heterocycles. The first-order chi connectivity index (χ1) is 12.4. The molecule has 5 heteroatoms. The van der Waals surface area contributed by atoms with Crippen LogP contribution in [0.25, 0.3) is 0 Å². The zero-order chi connectivity index (χ0) is 18.9. The molecular weight excluding hydrogens is 328 g/mol. The number of carbonyl (C=O) groups excluding carboxylic acids is 3. The van der Waals surface area contributed by atoms with Crippen molar-refractivity contribution in [3.8, 4) is 0 Å². The van der Waals surface area contributed by atoms with Crippen molar-refractivity contribution < 1.29 is 14.4 Å². The predicted molar refractivity (Wildman–Crippen MR) is 100 cm³/mol. The zero-order valence-electron chi connectivity index (χ0n) is 15.9. The van der Waals surface area contributed by atoms with Crippen LogP contribution in [0.4, 0.5) is 4.79 Å². The van der Waals surface area contributed by atoms with Crippen LogP contribution in [0, 0.1) is 5.92 Å². The van der Waals surface area contributed by atoms with Gasteiger partial charge in [0.15, 0.2) is 5.78 Å². The van der Waals surface area contributed by atoms with E-state index in [0.29, 0.717) is 17.9 Å². The number of hydrogen-bond donors (Lipinski definition) is 1. The Morgan fingerprint density at radius 1 is 1.27 bits per heavy atom. The van der Waals surface area contributed by atoms with E-state index in [4.69, 9.17) is 0 Å². The molecule has 0 aromatic heterocycles. The fourth-order valence-electron chi connectivity index (χ4n) is 4.11. The van der Waals surface area contributed by atoms with Gasteiger partial charge in [-0.25, -0.2) is 4.79 Å². The van der Waals surface area contributed by atoms with E-state index in [2.05, 4.69) is 19.2 Å². The maximum Gasteiger partial charge on any atom is 0.325 e. The number of Topliss-reactive ketones (excluding diaryl/α,β-unsaturated/α-hetero) is 1. The number of rotatable bonds is 5. The standard InChI is InChI=1S/C21H28N2O3/c1-4-14(2)16-8-10-17(11-9-16)18(24)13-23-19(25)21(22-20(23)26)12-6-5-7-15(21)3/h8-11,14-15H,4-7,12-13H2,1-3H3,(H,22,26)/t14-,15+,21-/m1/s1. The Hall–Kier alpha value is -2.17. The molecule has 5 nitrogen and oxygen atoms in total. The van der Waals surface area contributed by atoms with Gasteiger partial charge in [0.05, 0.1) is 6.54 Å². The van der Waals surface area contributed by atoms with Crippen LogP contribution in [0.15, 0.2) is 24.3 Å². The molecule has 1 aliphatic carbocycles. The first-order valence-corrected chi connectivity index (χ1v) is 9.66. The van der Waals surface area contributed by atoms with Crippen LogP contribution >= 0.6 is 0 Å². The number of benzene rings is 1. The molecule has 0 bridgehead atoms. The zero-order valence-corrected chi connectivity index (χ0v) is 15.9. The van der Waals surface area contributed by atoms with E-state index in [1.165, 1.54) is 5.56 Å². The van der Waals surface area contributed by atoms with E-state index < -0.39 is 11.6 Å². The molecule has 3 rings (SSSR count). The molecule has 1 aliphatic heterocycles. The number of ketones is 1. The Labute approximate surface area is 155 Å². The third-order valence-electron chi connectivity index (χ3n) is 6.22. The highest BCUT2D eigenvalue weighted by atomic mass is 16.2. The monoisotopic (exact) mass is 356 g/mol. The molecule has 1 spiro atoms. The number of urea groups is 1. The second-order valence-electron chi connectivity index (χ2n) is 7.79. The minimum atomic E-state index is -0.809. The second-order valence-corrected chi connectivity index (χ2v) is 7.79. The highest BCUT2D eigenvalue weighted by molar-refractivity contribution is 6.11. The summed E-state index contributed by atoms with van der Waals surface area (Å²) in [5, 5.41) is 2.89. The van der Waals surface area contributed by atoms with Crippen LogP contribution in [0.5, 0.6) is 0 Å². The second kappa shape index (κ2) is 7.22. The first kappa shape index (κ1) is 18.6. The van der Waals surface area contributed by atoms with Crippen molar-refractivity contribution >= 4 is 17.7 Å². The van der Waals surface area contributed by atoms with Crippen LogP contribution in [-0.4, -0.2) is 34.7 Å². The summed E-state index contributed by atoms with van der Waals surface area (Å²) in [6, 6.07) is 7.06. The molecule has 1 saturated heterocycles. The summed E-state index contributed by atoms with van der Waals surface area (Å²) < 4.78 is 0. The highest BCUT2D eigenvalue weighted by Crippen LogP contribution is 2.38. The minimum absolute atomic E-state index is 0.0996. The molecule has 0 unspecified atom stereocenters. The van der Waals surface area contributed by atoms with Gasteiger partial charge in [-0.05, 0) is 36.7 Å². The van der Waals surface area contributed by atoms with Gasteiger partial charge in [-0.3, -0.25) is 14.5 Å². The number of carbonyl (C=O) groups is 3. The lowest BCUT2D eigenvalue weighted by Gasteiger charge is -2.36. The van der Waals surface area contributed by atoms with E-state index in [-0.39, 0.29) is 24.2 Å². The number of imide groups is 1. The van der Waals surface area contributed by atoms with Crippen LogP contribution in [0.3, 0.4) is 0 Å². The Balaban J connectivity index is 1.73. The third kappa shape index (κ3) is 3.15. The fraction of sp³-hybridized carbons (Fsp3) is 0.571. The first-order valence-electron chi connectivity index (χ1n) is 9.66. The van der Waals surface area contributed by atoms with Crippen molar-refractivity contribution in [1.29, 1.82) is 0 Å². The number of nitrogens with zero attached hydrogens (tertiary/aromatic N) is 1. The molecule has 2 fully saturated rings. The van der Waals surface area contributed by atoms with Gasteiger partial charge in [-0.15, -0.1) is 0 Å². The normalized spacial score (nSPS) is 26.9. The lowest BCUT2D eigenvalue weighted by atomic mass is 9.73. The van der Waals surface area contributed by atoms with Crippen LogP contribution < -0.4 is 5.32 Å². The van der Waals surface area contributed by atoms with Gasteiger partial charge in [0.1, 0.15) is 5.54 Å². The van der Waals surface area contributed by atoms with Gasteiger partial charge < -0.3 is 5.32 Å². The molecule has 0 radical (unpaired) electrons. The van der Waals surface area contributed by atoms with Gasteiger partial charge in [0.25, 0.3) is 5.91 Å². The smallest absolute Gasteiger partial charge is 0.323 e. The maximum atomic E-state index is 12.9. The van der Waals surface area contributed by atoms with Crippen LogP contribution in [0.2, 0.25) is 0 Å². The summed E-state index contributed by atoms with van der Waals surface area (Å²) in [4.78, 5) is 39.1. The summed E-state index contributed by atoms with van der Waals surface area (Å²) in [6.45, 7) is 6.09. The van der Waals surface area contributed by atoms with Gasteiger partial charge in [0, 0.05) is 5.56 Å². The Morgan fingerprint density at radius 2 is 1.96 bits per heavy atom. The largest absolute Gasteiger partial charge is 0.325 e. The molecule has 3 atom stereocenters. The summed E-state index contributed by atoms with van der Waals surface area (Å²) >= 11 is 0. The van der Waals surface area contributed by atoms with Crippen LogP contribution in [0.1, 0.15) is 74.7 Å². The summed E-state index contributed by atoms with van der Waals surface area (Å²) in [5.74, 6) is 0.101. The molecular formula is C21H28N2O3. The maximum absolute atomic E-state index is 12.9. The van der Waals surface area contributed by atoms with Crippen molar-refractivity contribution in [2.24, 2.45) is 5.92 Å². The van der Waals surface area contributed by atoms with Gasteiger partial charge in [-0.2, -0.15) is 0 Å². The van der Waals surface area contributed by atoms with Crippen molar-refractivity contribution in [1.82, 2.24) is 10.2 Å². The quantitative estimate of drug-likeness (QED) is 0.643. The Morgan fingerprint density at radius 3 is 2.58 bits per heavy atom. The molecule has 1 aromatic carbocycles. The Kier molecular flexibility index (Phi) is 5.17. The average Bonchev–Trinajstić information content (AvgIpc) is 2.88. The Bertz CT molecular complexity index is 712. The molecule has 2 aliphatic rings. The molecule has 1 N–H and O–H groups in total. The molecule has 1 aromatic rings. The highest BCUT2D eigenvalue weighted by Gasteiger charge is 2.55. The summed E-state index contributed by atoms with van der Waals surface area (Å²) in [6.07, 6.45) is 4.62. The van der Waals surface area contributed by atoms with E-state index in [9.17, 15) is 14.4 Å². The van der Waals surface area contributed by atoms with E-state index in [1.54, 1.807) is 12.1 Å². The van der Waals surface area contributed by atoms with Crippen molar-refractivity contribution in [2.45, 2.75) is 64.3 Å². The van der Waals surface area contributed by atoms with Crippen molar-refractivity contribution in [2.75, 3.05) is 6.54 Å². The topological polar surface area (TPSA) is 66.5 Å². The minimum Gasteiger partial charge on any atom is -0.323 e. The lowest BCUT2D eigenvalue weighted by Crippen LogP contribution is -2.54. The third-order valence-corrected chi connectivity index (χ3v) is 6.22. The van der Waals surface area contributed by atoms with E-state index in [0.717, 1.165) is 30.6 Å². The number of nitrogens with one attached hydrogen (secondary N) is 1. The van der Waals surface area contributed by atoms with Crippen molar-refractivity contribution in [3.63, 3.8) is 0 Å². The summed E-state index contributed by atoms with van der Waals surface area (Å²) in [7, 11) is 0. The molecule has 140 valence electrons. The van der Waals surface area contributed by atoms with Gasteiger partial charge in [-0.1, -0.05) is 57.9 Å². The lowest BCUT2D eigenvalue weighted by molar-refractivity contribution is -0.133. The average molecular weight is 356 g/mol. The molecule has 1 saturated carbocycles. The summed E-state index contributed by atoms with van der Waals surface area (Å²) in [5.41, 5.74) is 0.917. The molecule has 26 heavy (non-hydrogen) atoms. The van der Waals surface area contributed by atoms with Crippen LogP contribution in [-0.2, 0) is 4.79 Å².